The lowest BCUT2D eigenvalue weighted by Gasteiger charge is -2.17. The van der Waals surface area contributed by atoms with E-state index in [1.54, 1.807) is 0 Å². The highest BCUT2D eigenvalue weighted by Crippen LogP contribution is 2.34. The molecule has 0 fully saturated rings. The van der Waals surface area contributed by atoms with Crippen molar-refractivity contribution in [3.05, 3.63) is 54.1 Å². The predicted octanol–water partition coefficient (Wildman–Crippen LogP) is 4.49. The first-order chi connectivity index (χ1) is 13.1. The summed E-state index contributed by atoms with van der Waals surface area (Å²) < 4.78 is 67.3. The van der Waals surface area contributed by atoms with E-state index in [1.165, 1.54) is 42.5 Å². The van der Waals surface area contributed by atoms with Crippen molar-refractivity contribution in [2.75, 3.05) is 10.6 Å². The van der Waals surface area contributed by atoms with Gasteiger partial charge in [-0.05, 0) is 60.8 Å². The highest BCUT2D eigenvalue weighted by Gasteiger charge is 2.33. The minimum absolute atomic E-state index is 0.0220. The topological polar surface area (TPSA) is 57.4 Å². The van der Waals surface area contributed by atoms with Crippen molar-refractivity contribution >= 4 is 46.0 Å². The molecule has 0 heterocycles. The monoisotopic (exact) mass is 436 g/mol. The fourth-order valence-electron chi connectivity index (χ4n) is 1.99. The van der Waals surface area contributed by atoms with Gasteiger partial charge in [0.15, 0.2) is 10.2 Å². The molecular formula is C16H13F5N4OS2. The zero-order valence-corrected chi connectivity index (χ0v) is 15.4. The molecule has 0 unspecified atom stereocenters. The third-order valence-corrected chi connectivity index (χ3v) is 3.52. The summed E-state index contributed by atoms with van der Waals surface area (Å²) in [6.45, 7) is -2.93. The molecule has 2 rings (SSSR count). The van der Waals surface area contributed by atoms with E-state index < -0.39 is 18.4 Å². The maximum absolute atomic E-state index is 13.0. The van der Waals surface area contributed by atoms with Crippen molar-refractivity contribution in [3.8, 4) is 5.75 Å². The molecular weight excluding hydrogens is 423 g/mol. The molecule has 0 aliphatic carbocycles. The Kier molecular flexibility index (Phi) is 7.29. The van der Waals surface area contributed by atoms with Crippen LogP contribution >= 0.6 is 24.4 Å². The smallest absolute Gasteiger partial charge is 0.418 e. The molecule has 12 heteroatoms. The lowest BCUT2D eigenvalue weighted by Crippen LogP contribution is -2.45. The third kappa shape index (κ3) is 6.78. The predicted molar refractivity (Wildman–Crippen MR) is 103 cm³/mol. The highest BCUT2D eigenvalue weighted by atomic mass is 32.1. The molecule has 0 atom stereocenters. The van der Waals surface area contributed by atoms with Crippen LogP contribution in [0.2, 0.25) is 0 Å². The molecule has 0 aromatic heterocycles. The quantitative estimate of drug-likeness (QED) is 0.320. The maximum atomic E-state index is 13.0. The van der Waals surface area contributed by atoms with E-state index in [0.29, 0.717) is 5.69 Å². The molecule has 2 aromatic rings. The van der Waals surface area contributed by atoms with Crippen LogP contribution in [-0.2, 0) is 6.18 Å². The lowest BCUT2D eigenvalue weighted by molar-refractivity contribution is -0.136. The Morgan fingerprint density at radius 3 is 2.00 bits per heavy atom. The fourth-order valence-corrected chi connectivity index (χ4v) is 2.32. The number of rotatable bonds is 4. The molecule has 150 valence electrons. The Balaban J connectivity index is 1.85. The number of nitrogens with one attached hydrogen (secondary N) is 4. The van der Waals surface area contributed by atoms with Gasteiger partial charge in [0.05, 0.1) is 11.3 Å². The van der Waals surface area contributed by atoms with Crippen molar-refractivity contribution in [2.45, 2.75) is 12.8 Å². The molecule has 2 aromatic carbocycles. The average molecular weight is 436 g/mol. The number of hydrogen-bond acceptors (Lipinski definition) is 3. The van der Waals surface area contributed by atoms with Crippen molar-refractivity contribution in [3.63, 3.8) is 0 Å². The number of thiocarbonyl (C=S) groups is 2. The molecule has 28 heavy (non-hydrogen) atoms. The molecule has 0 radical (unpaired) electrons. The Morgan fingerprint density at radius 2 is 1.43 bits per heavy atom. The molecule has 0 saturated heterocycles. The second-order valence-electron chi connectivity index (χ2n) is 5.10. The van der Waals surface area contributed by atoms with Crippen LogP contribution in [0.25, 0.3) is 0 Å². The number of alkyl halides is 5. The van der Waals surface area contributed by atoms with Gasteiger partial charge in [0.25, 0.3) is 0 Å². The minimum Gasteiger partial charge on any atom is -0.435 e. The van der Waals surface area contributed by atoms with Crippen LogP contribution in [0.15, 0.2) is 48.5 Å². The van der Waals surface area contributed by atoms with E-state index in [-0.39, 0.29) is 21.7 Å². The van der Waals surface area contributed by atoms with Gasteiger partial charge >= 0.3 is 12.8 Å². The highest BCUT2D eigenvalue weighted by molar-refractivity contribution is 7.81. The van der Waals surface area contributed by atoms with E-state index in [2.05, 4.69) is 26.2 Å². The largest absolute Gasteiger partial charge is 0.435 e. The second-order valence-corrected chi connectivity index (χ2v) is 5.92. The third-order valence-electron chi connectivity index (χ3n) is 3.11. The first kappa shape index (κ1) is 21.6. The van der Waals surface area contributed by atoms with Gasteiger partial charge < -0.3 is 15.4 Å². The number of halogens is 5. The normalized spacial score (nSPS) is 10.9. The second kappa shape index (κ2) is 9.46. The first-order valence-corrected chi connectivity index (χ1v) is 8.32. The Hall–Kier alpha value is -2.73. The van der Waals surface area contributed by atoms with Gasteiger partial charge in [-0.25, -0.2) is 0 Å². The maximum Gasteiger partial charge on any atom is 0.418 e. The van der Waals surface area contributed by atoms with Crippen molar-refractivity contribution in [1.82, 2.24) is 10.9 Å². The van der Waals surface area contributed by atoms with Crippen LogP contribution in [0.5, 0.6) is 5.75 Å². The summed E-state index contributed by atoms with van der Waals surface area (Å²) in [4.78, 5) is 0. The van der Waals surface area contributed by atoms with Crippen LogP contribution in [0.1, 0.15) is 5.56 Å². The summed E-state index contributed by atoms with van der Waals surface area (Å²) in [5.74, 6) is -0.0220. The van der Waals surface area contributed by atoms with Gasteiger partial charge in [0.1, 0.15) is 5.75 Å². The SMILES string of the molecule is FC(F)Oc1ccc(NC(=S)NNC(=S)Nc2ccccc2C(F)(F)F)cc1. The van der Waals surface area contributed by atoms with E-state index in [1.807, 2.05) is 0 Å². The number of ether oxygens (including phenoxy) is 1. The van der Waals surface area contributed by atoms with E-state index in [9.17, 15) is 22.0 Å². The molecule has 0 saturated carbocycles. The molecule has 0 aliphatic heterocycles. The Morgan fingerprint density at radius 1 is 0.857 bits per heavy atom. The summed E-state index contributed by atoms with van der Waals surface area (Å²) >= 11 is 9.94. The van der Waals surface area contributed by atoms with Crippen molar-refractivity contribution in [2.24, 2.45) is 0 Å². The van der Waals surface area contributed by atoms with Crippen LogP contribution in [-0.4, -0.2) is 16.8 Å². The zero-order valence-electron chi connectivity index (χ0n) is 13.8. The summed E-state index contributed by atoms with van der Waals surface area (Å²) in [5.41, 5.74) is 4.30. The van der Waals surface area contributed by atoms with Crippen LogP contribution < -0.4 is 26.2 Å². The average Bonchev–Trinajstić information content (AvgIpc) is 2.61. The van der Waals surface area contributed by atoms with Gasteiger partial charge in [-0.15, -0.1) is 0 Å². The summed E-state index contributed by atoms with van der Waals surface area (Å²) in [7, 11) is 0. The van der Waals surface area contributed by atoms with Gasteiger partial charge in [-0.2, -0.15) is 22.0 Å². The van der Waals surface area contributed by atoms with Crippen LogP contribution in [0, 0.1) is 0 Å². The van der Waals surface area contributed by atoms with Crippen LogP contribution in [0.4, 0.5) is 33.3 Å². The van der Waals surface area contributed by atoms with Crippen LogP contribution in [0.3, 0.4) is 0 Å². The number of anilines is 2. The van der Waals surface area contributed by atoms with E-state index in [4.69, 9.17) is 24.4 Å². The molecule has 0 spiro atoms. The number of hydrogen-bond donors (Lipinski definition) is 4. The number of para-hydroxylation sites is 1. The summed E-state index contributed by atoms with van der Waals surface area (Å²) in [6.07, 6.45) is -4.54. The molecule has 0 aliphatic rings. The summed E-state index contributed by atoms with van der Waals surface area (Å²) in [6, 6.07) is 10.4. The van der Waals surface area contributed by atoms with E-state index >= 15 is 0 Å². The molecule has 0 bridgehead atoms. The Bertz CT molecular complexity index is 831. The summed E-state index contributed by atoms with van der Waals surface area (Å²) in [5, 5.41) is 5.04. The molecule has 5 nitrogen and oxygen atoms in total. The zero-order chi connectivity index (χ0) is 20.7. The number of benzene rings is 2. The van der Waals surface area contributed by atoms with Gasteiger partial charge in [0.2, 0.25) is 0 Å². The lowest BCUT2D eigenvalue weighted by atomic mass is 10.2. The van der Waals surface area contributed by atoms with Gasteiger partial charge in [-0.3, -0.25) is 10.9 Å². The van der Waals surface area contributed by atoms with Crippen molar-refractivity contribution < 1.29 is 26.7 Å². The molecule has 4 N–H and O–H groups in total. The van der Waals surface area contributed by atoms with Crippen molar-refractivity contribution in [1.29, 1.82) is 0 Å². The minimum atomic E-state index is -4.54. The number of hydrazine groups is 1. The Labute approximate surface area is 167 Å². The first-order valence-electron chi connectivity index (χ1n) is 7.50. The van der Waals surface area contributed by atoms with E-state index in [0.717, 1.165) is 6.07 Å². The van der Waals surface area contributed by atoms with Gasteiger partial charge in [0, 0.05) is 5.69 Å². The van der Waals surface area contributed by atoms with Gasteiger partial charge in [-0.1, -0.05) is 12.1 Å². The fraction of sp³-hybridized carbons (Fsp3) is 0.125. The standard InChI is InChI=1S/C16H13F5N4OS2/c17-13(18)26-10-7-5-9(6-8-10)22-14(27)24-25-15(28)23-12-4-2-1-3-11(12)16(19,20)21/h1-8,13H,(H2,22,24,27)(H2,23,25,28). The molecule has 0 amide bonds.